The Balaban J connectivity index is 1.40. The molecule has 0 aromatic carbocycles. The molecule has 0 radical (unpaired) electrons. The van der Waals surface area contributed by atoms with Gasteiger partial charge in [0, 0.05) is 25.7 Å². The molecule has 4 rings (SSSR count). The average Bonchev–Trinajstić information content (AvgIpc) is 3.19. The van der Waals surface area contributed by atoms with Crippen LogP contribution in [0.3, 0.4) is 0 Å². The Kier molecular flexibility index (Phi) is 4.44. The highest BCUT2D eigenvalue weighted by atomic mass is 16.3. The molecule has 2 saturated carbocycles. The zero-order chi connectivity index (χ0) is 16.5. The molecule has 3 atom stereocenters. The summed E-state index contributed by atoms with van der Waals surface area (Å²) < 4.78 is 0. The molecule has 3 unspecified atom stereocenters. The van der Waals surface area contributed by atoms with Gasteiger partial charge in [0.25, 0.3) is 0 Å². The summed E-state index contributed by atoms with van der Waals surface area (Å²) in [6.45, 7) is 1.57. The minimum atomic E-state index is -0.208. The van der Waals surface area contributed by atoms with Gasteiger partial charge in [0.05, 0.1) is 11.8 Å². The van der Waals surface area contributed by atoms with Gasteiger partial charge in [-0.05, 0) is 62.0 Å². The van der Waals surface area contributed by atoms with E-state index in [9.17, 15) is 9.90 Å². The van der Waals surface area contributed by atoms with Crippen LogP contribution in [0.15, 0.2) is 18.3 Å². The van der Waals surface area contributed by atoms with Crippen LogP contribution >= 0.6 is 0 Å². The van der Waals surface area contributed by atoms with E-state index in [1.54, 1.807) is 6.20 Å². The van der Waals surface area contributed by atoms with Crippen LogP contribution in [0.1, 0.15) is 44.9 Å². The monoisotopic (exact) mass is 329 g/mol. The molecule has 24 heavy (non-hydrogen) atoms. The first-order chi connectivity index (χ1) is 11.7. The minimum absolute atomic E-state index is 0.124. The minimum Gasteiger partial charge on any atom is -0.393 e. The number of aromatic nitrogens is 1. The summed E-state index contributed by atoms with van der Waals surface area (Å²) in [6, 6.07) is 3.81. The number of rotatable bonds is 4. The highest BCUT2D eigenvalue weighted by Gasteiger charge is 2.40. The van der Waals surface area contributed by atoms with Gasteiger partial charge in [0.1, 0.15) is 0 Å². The average molecular weight is 329 g/mol. The zero-order valence-electron chi connectivity index (χ0n) is 14.2. The van der Waals surface area contributed by atoms with E-state index in [0.717, 1.165) is 49.3 Å². The second kappa shape index (κ2) is 6.71. The number of carbonyl (C=O) groups excluding carboxylic acids is 1. The van der Waals surface area contributed by atoms with Gasteiger partial charge >= 0.3 is 0 Å². The fourth-order valence-corrected chi connectivity index (χ4v) is 4.89. The molecule has 0 spiro atoms. The number of amides is 1. The molecule has 2 heterocycles. The summed E-state index contributed by atoms with van der Waals surface area (Å²) in [5.41, 5.74) is 0.807. The fourth-order valence-electron chi connectivity index (χ4n) is 4.89. The predicted molar refractivity (Wildman–Crippen MR) is 93.9 cm³/mol. The third kappa shape index (κ3) is 3.27. The maximum Gasteiger partial charge on any atom is 0.224 e. The van der Waals surface area contributed by atoms with Crippen LogP contribution in [0.25, 0.3) is 0 Å². The van der Waals surface area contributed by atoms with Gasteiger partial charge < -0.3 is 15.3 Å². The molecule has 2 N–H and O–H groups in total. The van der Waals surface area contributed by atoms with E-state index in [-0.39, 0.29) is 12.0 Å². The van der Waals surface area contributed by atoms with Crippen molar-refractivity contribution in [1.29, 1.82) is 0 Å². The molecule has 130 valence electrons. The first-order valence-electron chi connectivity index (χ1n) is 9.37. The lowest BCUT2D eigenvalue weighted by atomic mass is 9.86. The second-order valence-corrected chi connectivity index (χ2v) is 7.78. The van der Waals surface area contributed by atoms with Crippen molar-refractivity contribution < 1.29 is 9.90 Å². The molecule has 5 nitrogen and oxygen atoms in total. The van der Waals surface area contributed by atoms with Crippen molar-refractivity contribution in [2.24, 2.45) is 17.8 Å². The van der Waals surface area contributed by atoms with E-state index in [2.05, 4.69) is 15.2 Å². The number of nitrogens with one attached hydrogen (secondary N) is 1. The number of pyridine rings is 1. The lowest BCUT2D eigenvalue weighted by molar-refractivity contribution is -0.117. The predicted octanol–water partition coefficient (Wildman–Crippen LogP) is 2.81. The molecule has 1 aliphatic heterocycles. The first kappa shape index (κ1) is 15.9. The third-order valence-electron chi connectivity index (χ3n) is 6.16. The molecular weight excluding hydrogens is 302 g/mol. The van der Waals surface area contributed by atoms with Crippen LogP contribution in [0, 0.1) is 17.8 Å². The number of aliphatic hydroxyl groups excluding tert-OH is 1. The number of nitrogens with zero attached hydrogens (tertiary/aromatic N) is 2. The number of aliphatic hydroxyl groups is 1. The molecular formula is C19H27N3O2. The Bertz CT molecular complexity index is 598. The van der Waals surface area contributed by atoms with Crippen molar-refractivity contribution in [2.75, 3.05) is 23.3 Å². The van der Waals surface area contributed by atoms with E-state index in [1.807, 2.05) is 12.1 Å². The standard InChI is InChI=1S/C19H27N3O2/c23-16-5-8-22(9-6-16)19-17(2-1-7-20-19)21-18(24)12-15-11-13-3-4-14(15)10-13/h1-2,7,13-16,23H,3-6,8-12H2,(H,21,24). The number of piperidine rings is 1. The maximum absolute atomic E-state index is 12.5. The normalized spacial score (nSPS) is 29.9. The summed E-state index contributed by atoms with van der Waals surface area (Å²) in [6.07, 6.45) is 8.99. The molecule has 1 aromatic heterocycles. The van der Waals surface area contributed by atoms with Crippen molar-refractivity contribution in [3.8, 4) is 0 Å². The van der Waals surface area contributed by atoms with Gasteiger partial charge in [-0.2, -0.15) is 0 Å². The summed E-state index contributed by atoms with van der Waals surface area (Å²) >= 11 is 0. The summed E-state index contributed by atoms with van der Waals surface area (Å²) in [7, 11) is 0. The number of hydrogen-bond donors (Lipinski definition) is 2. The van der Waals surface area contributed by atoms with Crippen molar-refractivity contribution in [1.82, 2.24) is 4.98 Å². The molecule has 5 heteroatoms. The Morgan fingerprint density at radius 2 is 2.08 bits per heavy atom. The van der Waals surface area contributed by atoms with Crippen LogP contribution in [-0.4, -0.2) is 35.2 Å². The molecule has 1 saturated heterocycles. The van der Waals surface area contributed by atoms with Gasteiger partial charge in [0.15, 0.2) is 5.82 Å². The highest BCUT2D eigenvalue weighted by Crippen LogP contribution is 2.49. The Hall–Kier alpha value is -1.62. The summed E-state index contributed by atoms with van der Waals surface area (Å²) in [5.74, 6) is 3.19. The highest BCUT2D eigenvalue weighted by molar-refractivity contribution is 5.93. The van der Waals surface area contributed by atoms with Crippen LogP contribution in [0.4, 0.5) is 11.5 Å². The zero-order valence-corrected chi connectivity index (χ0v) is 14.2. The van der Waals surface area contributed by atoms with Gasteiger partial charge in [-0.25, -0.2) is 4.98 Å². The largest absolute Gasteiger partial charge is 0.393 e. The lowest BCUT2D eigenvalue weighted by Crippen LogP contribution is -2.37. The van der Waals surface area contributed by atoms with E-state index in [1.165, 1.54) is 25.7 Å². The van der Waals surface area contributed by atoms with Crippen molar-refractivity contribution >= 4 is 17.4 Å². The first-order valence-corrected chi connectivity index (χ1v) is 9.37. The van der Waals surface area contributed by atoms with Crippen molar-refractivity contribution in [3.63, 3.8) is 0 Å². The van der Waals surface area contributed by atoms with Crippen LogP contribution < -0.4 is 10.2 Å². The maximum atomic E-state index is 12.5. The fraction of sp³-hybridized carbons (Fsp3) is 0.684. The third-order valence-corrected chi connectivity index (χ3v) is 6.16. The molecule has 2 aliphatic carbocycles. The van der Waals surface area contributed by atoms with Gasteiger partial charge in [-0.15, -0.1) is 0 Å². The van der Waals surface area contributed by atoms with Crippen molar-refractivity contribution in [3.05, 3.63) is 18.3 Å². The van der Waals surface area contributed by atoms with E-state index < -0.39 is 0 Å². The van der Waals surface area contributed by atoms with E-state index in [0.29, 0.717) is 12.3 Å². The molecule has 1 aromatic rings. The Morgan fingerprint density at radius 1 is 1.25 bits per heavy atom. The topological polar surface area (TPSA) is 65.5 Å². The lowest BCUT2D eigenvalue weighted by Gasteiger charge is -2.31. The van der Waals surface area contributed by atoms with Gasteiger partial charge in [-0.1, -0.05) is 6.42 Å². The smallest absolute Gasteiger partial charge is 0.224 e. The van der Waals surface area contributed by atoms with Crippen LogP contribution in [0.5, 0.6) is 0 Å². The quantitative estimate of drug-likeness (QED) is 0.891. The number of carbonyl (C=O) groups is 1. The number of hydrogen-bond acceptors (Lipinski definition) is 4. The molecule has 3 fully saturated rings. The van der Waals surface area contributed by atoms with Gasteiger partial charge in [0.2, 0.25) is 5.91 Å². The molecule has 1 amide bonds. The van der Waals surface area contributed by atoms with Crippen LogP contribution in [-0.2, 0) is 4.79 Å². The second-order valence-electron chi connectivity index (χ2n) is 7.78. The number of anilines is 2. The van der Waals surface area contributed by atoms with E-state index >= 15 is 0 Å². The molecule has 2 bridgehead atoms. The molecule has 3 aliphatic rings. The summed E-state index contributed by atoms with van der Waals surface area (Å²) in [4.78, 5) is 19.2. The van der Waals surface area contributed by atoms with Crippen molar-refractivity contribution in [2.45, 2.75) is 51.0 Å². The van der Waals surface area contributed by atoms with E-state index in [4.69, 9.17) is 0 Å². The van der Waals surface area contributed by atoms with Gasteiger partial charge in [-0.3, -0.25) is 4.79 Å². The summed E-state index contributed by atoms with van der Waals surface area (Å²) in [5, 5.41) is 12.8. The number of fused-ring (bicyclic) bond motifs is 2. The SMILES string of the molecule is O=C(CC1CC2CCC1C2)Nc1cccnc1N1CCC(O)CC1. The van der Waals surface area contributed by atoms with Crippen LogP contribution in [0.2, 0.25) is 0 Å². The Labute approximate surface area is 143 Å². The Morgan fingerprint density at radius 3 is 2.79 bits per heavy atom.